The second-order valence-electron chi connectivity index (χ2n) is 5.01. The monoisotopic (exact) mass is 312 g/mol. The first-order valence-corrected chi connectivity index (χ1v) is 7.46. The summed E-state index contributed by atoms with van der Waals surface area (Å²) in [6, 6.07) is 1.86. The highest BCUT2D eigenvalue weighted by atomic mass is 16.5. The van der Waals surface area contributed by atoms with Gasteiger partial charge in [-0.05, 0) is 37.0 Å². The highest BCUT2D eigenvalue weighted by Crippen LogP contribution is 2.29. The molecule has 1 N–H and O–H groups in total. The topological polar surface area (TPSA) is 72.3 Å². The molecule has 23 heavy (non-hydrogen) atoms. The van der Waals surface area contributed by atoms with Gasteiger partial charge in [0, 0.05) is 10.8 Å². The van der Waals surface area contributed by atoms with Crippen LogP contribution in [0.2, 0.25) is 0 Å². The number of carbonyl (C=O) groups is 1. The van der Waals surface area contributed by atoms with Crippen LogP contribution in [-0.2, 0) is 24.2 Å². The summed E-state index contributed by atoms with van der Waals surface area (Å²) in [5.41, 5.74) is 2.59. The summed E-state index contributed by atoms with van der Waals surface area (Å²) >= 11 is 0. The summed E-state index contributed by atoms with van der Waals surface area (Å²) in [6.07, 6.45) is 6.07. The summed E-state index contributed by atoms with van der Waals surface area (Å²) in [4.78, 5) is 12.5. The average Bonchev–Trinajstić information content (AvgIpc) is 2.55. The Bertz CT molecular complexity index is 754. The van der Waals surface area contributed by atoms with E-state index >= 15 is 0 Å². The van der Waals surface area contributed by atoms with Crippen molar-refractivity contribution in [2.24, 2.45) is 0 Å². The third-order valence-electron chi connectivity index (χ3n) is 3.57. The summed E-state index contributed by atoms with van der Waals surface area (Å²) < 4.78 is 5.21. The van der Waals surface area contributed by atoms with Crippen molar-refractivity contribution in [1.29, 1.82) is 0 Å². The Hall–Kier alpha value is -2.53. The average molecular weight is 312 g/mol. The maximum Gasteiger partial charge on any atom is 0.338 e. The molecule has 1 aromatic heterocycles. The molecule has 120 valence electrons. The standard InChI is InChI=1S/C18H20N2O3/c1-4-7-12-9-14-15(10-19-20-16(14)11-21)13(8-5-2)17(12)18(22)23-6-3/h4-5,9-10,21H,1-2,6-8,11H2,3H3. The Kier molecular flexibility index (Phi) is 5.60. The van der Waals surface area contributed by atoms with Crippen LogP contribution >= 0.6 is 0 Å². The molecule has 0 bridgehead atoms. The van der Waals surface area contributed by atoms with E-state index in [-0.39, 0.29) is 12.6 Å². The van der Waals surface area contributed by atoms with Crippen LogP contribution in [-0.4, -0.2) is 27.9 Å². The van der Waals surface area contributed by atoms with Gasteiger partial charge in [0.25, 0.3) is 0 Å². The molecule has 1 aromatic carbocycles. The summed E-state index contributed by atoms with van der Waals surface area (Å²) in [5.74, 6) is -0.370. The molecule has 0 saturated heterocycles. The van der Waals surface area contributed by atoms with Crippen molar-refractivity contribution >= 4 is 16.7 Å². The number of nitrogens with zero attached hydrogens (tertiary/aromatic N) is 2. The van der Waals surface area contributed by atoms with Crippen LogP contribution in [0.3, 0.4) is 0 Å². The van der Waals surface area contributed by atoms with Gasteiger partial charge in [0.05, 0.1) is 30.7 Å². The molecule has 0 aliphatic heterocycles. The first kappa shape index (κ1) is 16.8. The summed E-state index contributed by atoms with van der Waals surface area (Å²) in [7, 11) is 0. The number of fused-ring (bicyclic) bond motifs is 1. The highest BCUT2D eigenvalue weighted by Gasteiger charge is 2.21. The van der Waals surface area contributed by atoms with Gasteiger partial charge in [-0.1, -0.05) is 12.2 Å². The molecule has 0 unspecified atom stereocenters. The Balaban J connectivity index is 2.86. The van der Waals surface area contributed by atoms with Gasteiger partial charge < -0.3 is 9.84 Å². The van der Waals surface area contributed by atoms with Crippen LogP contribution in [0.25, 0.3) is 10.8 Å². The van der Waals surface area contributed by atoms with Crippen LogP contribution in [0.15, 0.2) is 37.6 Å². The number of ether oxygens (including phenoxy) is 1. The van der Waals surface area contributed by atoms with Gasteiger partial charge >= 0.3 is 5.97 Å². The van der Waals surface area contributed by atoms with Crippen molar-refractivity contribution in [3.05, 3.63) is 60.0 Å². The molecule has 0 atom stereocenters. The molecule has 5 nitrogen and oxygen atoms in total. The number of aliphatic hydroxyl groups excluding tert-OH is 1. The zero-order valence-corrected chi connectivity index (χ0v) is 13.2. The number of hydrogen-bond acceptors (Lipinski definition) is 5. The lowest BCUT2D eigenvalue weighted by Crippen LogP contribution is -2.13. The van der Waals surface area contributed by atoms with E-state index in [1.165, 1.54) is 0 Å². The molecule has 0 radical (unpaired) electrons. The van der Waals surface area contributed by atoms with Crippen LogP contribution < -0.4 is 0 Å². The van der Waals surface area contributed by atoms with Gasteiger partial charge in [0.2, 0.25) is 0 Å². The fourth-order valence-corrected chi connectivity index (χ4v) is 2.66. The number of aliphatic hydroxyl groups is 1. The molecule has 0 spiro atoms. The van der Waals surface area contributed by atoms with Gasteiger partial charge in [-0.25, -0.2) is 4.79 Å². The van der Waals surface area contributed by atoms with Crippen LogP contribution in [0, 0.1) is 0 Å². The van der Waals surface area contributed by atoms with Crippen LogP contribution in [0.1, 0.15) is 34.1 Å². The second-order valence-corrected chi connectivity index (χ2v) is 5.01. The molecule has 0 saturated carbocycles. The van der Waals surface area contributed by atoms with Gasteiger partial charge in [0.1, 0.15) is 0 Å². The Labute approximate surface area is 135 Å². The van der Waals surface area contributed by atoms with Gasteiger partial charge in [-0.15, -0.1) is 13.2 Å². The second kappa shape index (κ2) is 7.65. The first-order chi connectivity index (χ1) is 11.2. The molecule has 0 fully saturated rings. The van der Waals surface area contributed by atoms with Gasteiger partial charge in [-0.2, -0.15) is 10.2 Å². The summed E-state index contributed by atoms with van der Waals surface area (Å²) in [6.45, 7) is 9.38. The lowest BCUT2D eigenvalue weighted by atomic mass is 9.91. The van der Waals surface area contributed by atoms with Crippen molar-refractivity contribution in [3.63, 3.8) is 0 Å². The SMILES string of the molecule is C=CCc1cc2c(CO)nncc2c(CC=C)c1C(=O)OCC. The molecular weight excluding hydrogens is 292 g/mol. The zero-order chi connectivity index (χ0) is 16.8. The zero-order valence-electron chi connectivity index (χ0n) is 13.2. The Morgan fingerprint density at radius 3 is 2.65 bits per heavy atom. The van der Waals surface area contributed by atoms with E-state index in [2.05, 4.69) is 23.4 Å². The first-order valence-electron chi connectivity index (χ1n) is 7.46. The number of esters is 1. The number of benzene rings is 1. The predicted molar refractivity (Wildman–Crippen MR) is 89.2 cm³/mol. The van der Waals surface area contributed by atoms with Crippen molar-refractivity contribution < 1.29 is 14.6 Å². The van der Waals surface area contributed by atoms with E-state index in [1.54, 1.807) is 25.3 Å². The molecule has 0 amide bonds. The number of allylic oxidation sites excluding steroid dienone is 2. The highest BCUT2D eigenvalue weighted by molar-refractivity contribution is 6.01. The molecule has 0 aliphatic carbocycles. The lowest BCUT2D eigenvalue weighted by molar-refractivity contribution is 0.0524. The largest absolute Gasteiger partial charge is 0.462 e. The van der Waals surface area contributed by atoms with Crippen molar-refractivity contribution in [2.75, 3.05) is 6.61 Å². The lowest BCUT2D eigenvalue weighted by Gasteiger charge is -2.16. The molecule has 1 heterocycles. The van der Waals surface area contributed by atoms with Gasteiger partial charge in [0.15, 0.2) is 0 Å². The fourth-order valence-electron chi connectivity index (χ4n) is 2.66. The minimum atomic E-state index is -0.370. The molecule has 0 aliphatic rings. The quantitative estimate of drug-likeness (QED) is 0.628. The number of carbonyl (C=O) groups excluding carboxylic acids is 1. The van der Waals surface area contributed by atoms with E-state index in [1.807, 2.05) is 6.07 Å². The normalized spacial score (nSPS) is 10.5. The van der Waals surface area contributed by atoms with Crippen molar-refractivity contribution in [2.45, 2.75) is 26.4 Å². The molecular formula is C18H20N2O3. The number of rotatable bonds is 7. The minimum Gasteiger partial charge on any atom is -0.462 e. The van der Waals surface area contributed by atoms with Crippen LogP contribution in [0.4, 0.5) is 0 Å². The predicted octanol–water partition coefficient (Wildman–Crippen LogP) is 2.76. The number of aromatic nitrogens is 2. The van der Waals surface area contributed by atoms with Crippen molar-refractivity contribution in [1.82, 2.24) is 10.2 Å². The molecule has 2 rings (SSSR count). The third kappa shape index (κ3) is 3.29. The van der Waals surface area contributed by atoms with E-state index < -0.39 is 0 Å². The fraction of sp³-hybridized carbons (Fsp3) is 0.278. The molecule has 2 aromatic rings. The van der Waals surface area contributed by atoms with E-state index in [4.69, 9.17) is 4.74 Å². The maximum absolute atomic E-state index is 12.5. The van der Waals surface area contributed by atoms with Gasteiger partial charge in [-0.3, -0.25) is 0 Å². The van der Waals surface area contributed by atoms with Crippen molar-refractivity contribution in [3.8, 4) is 0 Å². The Morgan fingerprint density at radius 1 is 1.30 bits per heavy atom. The maximum atomic E-state index is 12.5. The van der Waals surface area contributed by atoms with E-state index in [9.17, 15) is 9.90 Å². The third-order valence-corrected chi connectivity index (χ3v) is 3.57. The van der Waals surface area contributed by atoms with Crippen LogP contribution in [0.5, 0.6) is 0 Å². The minimum absolute atomic E-state index is 0.218. The smallest absolute Gasteiger partial charge is 0.338 e. The van der Waals surface area contributed by atoms with E-state index in [0.717, 1.165) is 21.9 Å². The Morgan fingerprint density at radius 2 is 2.04 bits per heavy atom. The summed E-state index contributed by atoms with van der Waals surface area (Å²) in [5, 5.41) is 19.0. The number of hydrogen-bond donors (Lipinski definition) is 1. The van der Waals surface area contributed by atoms with E-state index in [0.29, 0.717) is 30.7 Å². The molecule has 5 heteroatoms.